The van der Waals surface area contributed by atoms with Crippen molar-refractivity contribution in [3.05, 3.63) is 0 Å². The normalized spacial score (nSPS) is 18.8. The van der Waals surface area contributed by atoms with Crippen molar-refractivity contribution >= 4 is 0 Å². The molecule has 3 nitrogen and oxygen atoms in total. The van der Waals surface area contributed by atoms with Gasteiger partial charge in [0.2, 0.25) is 0 Å². The van der Waals surface area contributed by atoms with Crippen LogP contribution in [0.15, 0.2) is 0 Å². The summed E-state index contributed by atoms with van der Waals surface area (Å²) in [4.78, 5) is 7.90. The van der Waals surface area contributed by atoms with Crippen molar-refractivity contribution in [1.29, 1.82) is 0 Å². The van der Waals surface area contributed by atoms with Crippen molar-refractivity contribution in [1.82, 2.24) is 0 Å². The van der Waals surface area contributed by atoms with Gasteiger partial charge in [0.05, 0.1) is 0 Å². The van der Waals surface area contributed by atoms with Gasteiger partial charge in [0, 0.05) is 101 Å². The second-order valence-corrected chi connectivity index (χ2v) is 1.06. The molecule has 0 atom stereocenters. The molecule has 1 aliphatic heterocycles. The fraction of sp³-hybridized carbons (Fsp3) is 1.00. The van der Waals surface area contributed by atoms with Gasteiger partial charge in [-0.25, -0.2) is 0 Å². The van der Waals surface area contributed by atoms with E-state index in [0.717, 1.165) is 0 Å². The standard InChI is InChI=1S/C2H4O3.Ce.2Zr/c1-2(3)4-5-2;;;/h3H,1H3;;;. The maximum atomic E-state index is 8.19. The van der Waals surface area contributed by atoms with E-state index in [1.807, 2.05) is 0 Å². The molecule has 1 heterocycles. The molecular weight excluding hydrogens is 395 g/mol. The van der Waals surface area contributed by atoms with Crippen molar-refractivity contribution in [2.24, 2.45) is 0 Å². The van der Waals surface area contributed by atoms with E-state index in [2.05, 4.69) is 9.78 Å². The third-order valence-electron chi connectivity index (χ3n) is 0.325. The molecule has 0 saturated carbocycles. The maximum Gasteiger partial charge on any atom is 0.334 e. The van der Waals surface area contributed by atoms with Crippen LogP contribution in [-0.2, 0) is 62.2 Å². The molecule has 0 aliphatic carbocycles. The number of rotatable bonds is 0. The van der Waals surface area contributed by atoms with E-state index < -0.39 is 5.97 Å². The summed E-state index contributed by atoms with van der Waals surface area (Å²) in [5, 5.41) is 8.19. The van der Waals surface area contributed by atoms with Gasteiger partial charge in [0.25, 0.3) is 0 Å². The Morgan fingerprint density at radius 1 is 1.25 bits per heavy atom. The number of hydrogen-bond acceptors (Lipinski definition) is 3. The van der Waals surface area contributed by atoms with Crippen LogP contribution in [0.5, 0.6) is 0 Å². The summed E-state index contributed by atoms with van der Waals surface area (Å²) in [6, 6.07) is 0. The minimum atomic E-state index is -1.25. The summed E-state index contributed by atoms with van der Waals surface area (Å²) >= 11 is 0. The summed E-state index contributed by atoms with van der Waals surface area (Å²) in [5.74, 6) is -1.25. The van der Waals surface area contributed by atoms with Crippen molar-refractivity contribution < 1.29 is 109 Å². The van der Waals surface area contributed by atoms with Crippen LogP contribution in [0.1, 0.15) is 6.92 Å². The van der Waals surface area contributed by atoms with Gasteiger partial charge in [-0.1, -0.05) is 0 Å². The summed E-state index contributed by atoms with van der Waals surface area (Å²) in [7, 11) is 0. The molecule has 8 heavy (non-hydrogen) atoms. The van der Waals surface area contributed by atoms with Gasteiger partial charge in [-0.2, -0.15) is 9.78 Å². The van der Waals surface area contributed by atoms with Gasteiger partial charge >= 0.3 is 5.97 Å². The van der Waals surface area contributed by atoms with Crippen LogP contribution in [0.2, 0.25) is 0 Å². The van der Waals surface area contributed by atoms with Gasteiger partial charge in [-0.15, -0.1) is 0 Å². The Morgan fingerprint density at radius 2 is 1.38 bits per heavy atom. The van der Waals surface area contributed by atoms with E-state index in [1.54, 1.807) is 0 Å². The molecule has 0 bridgehead atoms. The molecule has 1 N–H and O–H groups in total. The van der Waals surface area contributed by atoms with Crippen LogP contribution in [0.25, 0.3) is 0 Å². The fourth-order valence-corrected chi connectivity index (χ4v) is 0.0603. The molecule has 0 radical (unpaired) electrons. The van der Waals surface area contributed by atoms with Crippen LogP contribution in [0.3, 0.4) is 0 Å². The molecular formula is C2H4CeO3Zr2. The van der Waals surface area contributed by atoms with Crippen molar-refractivity contribution in [2.75, 3.05) is 0 Å². The largest absolute Gasteiger partial charge is 0.340 e. The smallest absolute Gasteiger partial charge is 0.334 e. The number of aliphatic hydroxyl groups is 1. The van der Waals surface area contributed by atoms with Crippen LogP contribution >= 0.6 is 0 Å². The predicted octanol–water partition coefficient (Wildman–Crippen LogP) is -0.391. The molecule has 42 valence electrons. The molecule has 0 amide bonds. The Kier molecular flexibility index (Phi) is 14.4. The van der Waals surface area contributed by atoms with E-state index in [1.165, 1.54) is 6.92 Å². The Bertz CT molecular complexity index is 53.2. The fourth-order valence-electron chi connectivity index (χ4n) is 0.0603. The van der Waals surface area contributed by atoms with Crippen LogP contribution < -0.4 is 0 Å². The molecule has 1 rings (SSSR count). The van der Waals surface area contributed by atoms with E-state index in [-0.39, 0.29) is 94.2 Å². The van der Waals surface area contributed by atoms with Crippen molar-refractivity contribution in [3.8, 4) is 0 Å². The third kappa shape index (κ3) is 9.02. The monoisotopic (exact) mass is 396 g/mol. The Balaban J connectivity index is -0.0000000833. The maximum absolute atomic E-state index is 8.19. The molecule has 6 heteroatoms. The first-order chi connectivity index (χ1) is 2.21. The van der Waals surface area contributed by atoms with Gasteiger partial charge in [-0.05, 0) is 0 Å². The molecule has 1 saturated heterocycles. The van der Waals surface area contributed by atoms with Gasteiger partial charge < -0.3 is 5.11 Å². The third-order valence-corrected chi connectivity index (χ3v) is 0.325. The van der Waals surface area contributed by atoms with E-state index in [4.69, 9.17) is 5.11 Å². The second kappa shape index (κ2) is 6.72. The predicted molar refractivity (Wildman–Crippen MR) is 12.8 cm³/mol. The van der Waals surface area contributed by atoms with Gasteiger partial charge in [0.15, 0.2) is 0 Å². The zero-order valence-corrected chi connectivity index (χ0v) is 12.3. The summed E-state index contributed by atoms with van der Waals surface area (Å²) < 4.78 is 0. The molecule has 0 unspecified atom stereocenters. The minimum absolute atomic E-state index is 0. The Hall–Kier alpha value is 3.02. The first-order valence-corrected chi connectivity index (χ1v) is 1.30. The van der Waals surface area contributed by atoms with Crippen molar-refractivity contribution in [2.45, 2.75) is 12.9 Å². The Labute approximate surface area is 119 Å². The zero-order valence-electron chi connectivity index (χ0n) is 4.26. The molecule has 0 aromatic carbocycles. The average molecular weight is 399 g/mol. The molecule has 1 fully saturated rings. The first-order valence-electron chi connectivity index (χ1n) is 1.30. The van der Waals surface area contributed by atoms with Gasteiger partial charge in [0.1, 0.15) is 0 Å². The minimum Gasteiger partial charge on any atom is -0.340 e. The second-order valence-electron chi connectivity index (χ2n) is 1.06. The van der Waals surface area contributed by atoms with Gasteiger partial charge in [-0.3, -0.25) is 0 Å². The molecule has 1 aliphatic rings. The SMILES string of the molecule is CC1(O)OO1.[Ce].[Zr].[Zr]. The first kappa shape index (κ1) is 17.2. The Morgan fingerprint density at radius 3 is 1.38 bits per heavy atom. The molecule has 0 aromatic heterocycles. The molecule has 0 aromatic rings. The summed E-state index contributed by atoms with van der Waals surface area (Å²) in [6.07, 6.45) is 0. The van der Waals surface area contributed by atoms with Crippen LogP contribution in [-0.4, -0.2) is 11.1 Å². The van der Waals surface area contributed by atoms with E-state index in [9.17, 15) is 0 Å². The summed E-state index contributed by atoms with van der Waals surface area (Å²) in [6.45, 7) is 1.41. The summed E-state index contributed by atoms with van der Waals surface area (Å²) in [5.41, 5.74) is 0. The average Bonchev–Trinajstić information content (AvgIpc) is 1.76. The zero-order chi connectivity index (χ0) is 3.91. The van der Waals surface area contributed by atoms with Crippen molar-refractivity contribution in [3.63, 3.8) is 0 Å². The van der Waals surface area contributed by atoms with E-state index in [0.29, 0.717) is 0 Å². The number of hydrogen-bond donors (Lipinski definition) is 1. The van der Waals surface area contributed by atoms with Crippen LogP contribution in [0, 0.1) is 41.7 Å². The quantitative estimate of drug-likeness (QED) is 0.447. The van der Waals surface area contributed by atoms with Crippen LogP contribution in [0.4, 0.5) is 0 Å². The topological polar surface area (TPSA) is 45.3 Å². The van der Waals surface area contributed by atoms with E-state index >= 15 is 0 Å². The molecule has 0 spiro atoms.